The number of rotatable bonds is 8. The summed E-state index contributed by atoms with van der Waals surface area (Å²) in [4.78, 5) is 0.267. The van der Waals surface area contributed by atoms with E-state index >= 15 is 0 Å². The Morgan fingerprint density at radius 2 is 2.15 bits per heavy atom. The van der Waals surface area contributed by atoms with Gasteiger partial charge in [-0.1, -0.05) is 20.3 Å². The fourth-order valence-corrected chi connectivity index (χ4v) is 3.85. The molecule has 5 nitrogen and oxygen atoms in total. The summed E-state index contributed by atoms with van der Waals surface area (Å²) in [7, 11) is -3.49. The molecule has 1 aromatic rings. The maximum absolute atomic E-state index is 12.4. The molecular formula is C14H24N2O3S. The minimum atomic E-state index is -3.49. The highest BCUT2D eigenvalue weighted by atomic mass is 32.2. The smallest absolute Gasteiger partial charge is 0.242 e. The molecule has 2 rings (SSSR count). The van der Waals surface area contributed by atoms with E-state index in [0.717, 1.165) is 32.1 Å². The minimum absolute atomic E-state index is 0.0214. The van der Waals surface area contributed by atoms with Crippen molar-refractivity contribution in [2.75, 3.05) is 0 Å². The summed E-state index contributed by atoms with van der Waals surface area (Å²) in [6.07, 6.45) is 6.34. The molecule has 1 aliphatic carbocycles. The second kappa shape index (κ2) is 6.28. The van der Waals surface area contributed by atoms with Gasteiger partial charge >= 0.3 is 0 Å². The third-order valence-corrected chi connectivity index (χ3v) is 5.26. The predicted octanol–water partition coefficient (Wildman–Crippen LogP) is 2.17. The SMILES string of the molecule is CCCC(CC)NS(=O)(=O)c1cc(CO)n(C2CC2)c1. The second-order valence-corrected chi connectivity index (χ2v) is 7.19. The first-order valence-corrected chi connectivity index (χ1v) is 8.84. The van der Waals surface area contributed by atoms with Gasteiger partial charge in [-0.25, -0.2) is 13.1 Å². The highest BCUT2D eigenvalue weighted by Crippen LogP contribution is 2.37. The maximum Gasteiger partial charge on any atom is 0.242 e. The van der Waals surface area contributed by atoms with Crippen molar-refractivity contribution < 1.29 is 13.5 Å². The Labute approximate surface area is 121 Å². The van der Waals surface area contributed by atoms with Crippen molar-refractivity contribution in [2.24, 2.45) is 0 Å². The third-order valence-electron chi connectivity index (χ3n) is 3.77. The van der Waals surface area contributed by atoms with Gasteiger partial charge in [-0.2, -0.15) is 0 Å². The zero-order chi connectivity index (χ0) is 14.8. The number of hydrogen-bond acceptors (Lipinski definition) is 3. The first-order valence-electron chi connectivity index (χ1n) is 7.35. The van der Waals surface area contributed by atoms with E-state index in [1.807, 2.05) is 18.4 Å². The quantitative estimate of drug-likeness (QED) is 0.773. The molecule has 0 spiro atoms. The van der Waals surface area contributed by atoms with E-state index < -0.39 is 10.0 Å². The summed E-state index contributed by atoms with van der Waals surface area (Å²) in [5.41, 5.74) is 0.677. The van der Waals surface area contributed by atoms with Gasteiger partial charge in [-0.3, -0.25) is 0 Å². The lowest BCUT2D eigenvalue weighted by atomic mass is 10.1. The van der Waals surface area contributed by atoms with Crippen molar-refractivity contribution >= 4 is 10.0 Å². The molecule has 0 radical (unpaired) electrons. The van der Waals surface area contributed by atoms with Crippen LogP contribution in [-0.2, 0) is 16.6 Å². The van der Waals surface area contributed by atoms with Crippen molar-refractivity contribution in [1.82, 2.24) is 9.29 Å². The van der Waals surface area contributed by atoms with Crippen LogP contribution in [-0.4, -0.2) is 24.1 Å². The standard InChI is InChI=1S/C14H24N2O3S/c1-3-5-11(4-2)15-20(18,19)14-8-13(10-17)16(9-14)12-6-7-12/h8-9,11-12,15,17H,3-7,10H2,1-2H3. The molecule has 1 atom stereocenters. The molecule has 1 unspecified atom stereocenters. The first kappa shape index (κ1) is 15.5. The molecule has 0 saturated heterocycles. The van der Waals surface area contributed by atoms with Crippen molar-refractivity contribution in [2.45, 2.75) is 69.5 Å². The van der Waals surface area contributed by atoms with Crippen LogP contribution in [0.5, 0.6) is 0 Å². The largest absolute Gasteiger partial charge is 0.390 e. The van der Waals surface area contributed by atoms with Gasteiger partial charge in [0.05, 0.1) is 11.5 Å². The Balaban J connectivity index is 2.20. The van der Waals surface area contributed by atoms with Crippen molar-refractivity contribution in [3.05, 3.63) is 18.0 Å². The van der Waals surface area contributed by atoms with Gasteiger partial charge in [0.15, 0.2) is 0 Å². The van der Waals surface area contributed by atoms with Crippen LogP contribution >= 0.6 is 0 Å². The number of aromatic nitrogens is 1. The monoisotopic (exact) mass is 300 g/mol. The van der Waals surface area contributed by atoms with E-state index in [2.05, 4.69) is 4.72 Å². The summed E-state index contributed by atoms with van der Waals surface area (Å²) < 4.78 is 29.4. The molecule has 0 aliphatic heterocycles. The van der Waals surface area contributed by atoms with Gasteiger partial charge in [0.2, 0.25) is 10.0 Å². The van der Waals surface area contributed by atoms with Gasteiger partial charge in [0, 0.05) is 24.0 Å². The molecule has 0 amide bonds. The lowest BCUT2D eigenvalue weighted by molar-refractivity contribution is 0.270. The topological polar surface area (TPSA) is 71.3 Å². The van der Waals surface area contributed by atoms with E-state index in [-0.39, 0.29) is 17.5 Å². The highest BCUT2D eigenvalue weighted by Gasteiger charge is 2.28. The van der Waals surface area contributed by atoms with Crippen molar-refractivity contribution in [3.8, 4) is 0 Å². The van der Waals surface area contributed by atoms with Crippen LogP contribution in [0.25, 0.3) is 0 Å². The first-order chi connectivity index (χ1) is 9.51. The Hall–Kier alpha value is -0.850. The van der Waals surface area contributed by atoms with Crippen LogP contribution in [0.15, 0.2) is 17.2 Å². The van der Waals surface area contributed by atoms with Crippen LogP contribution in [0.1, 0.15) is 57.7 Å². The lowest BCUT2D eigenvalue weighted by Crippen LogP contribution is -2.34. The molecule has 114 valence electrons. The highest BCUT2D eigenvalue weighted by molar-refractivity contribution is 7.89. The minimum Gasteiger partial charge on any atom is -0.390 e. The number of hydrogen-bond donors (Lipinski definition) is 2. The van der Waals surface area contributed by atoms with Crippen molar-refractivity contribution in [3.63, 3.8) is 0 Å². The van der Waals surface area contributed by atoms with Gasteiger partial charge in [-0.05, 0) is 31.7 Å². The summed E-state index contributed by atoms with van der Waals surface area (Å²) in [5.74, 6) is 0. The summed E-state index contributed by atoms with van der Waals surface area (Å²) in [5, 5.41) is 9.35. The Kier molecular flexibility index (Phi) is 4.88. The molecule has 1 fully saturated rings. The third kappa shape index (κ3) is 3.42. The van der Waals surface area contributed by atoms with Gasteiger partial charge in [0.25, 0.3) is 0 Å². The summed E-state index contributed by atoms with van der Waals surface area (Å²) >= 11 is 0. The van der Waals surface area contributed by atoms with Crippen LogP contribution in [0.4, 0.5) is 0 Å². The van der Waals surface area contributed by atoms with Crippen LogP contribution in [0.3, 0.4) is 0 Å². The molecule has 1 saturated carbocycles. The second-order valence-electron chi connectivity index (χ2n) is 5.48. The van der Waals surface area contributed by atoms with E-state index in [1.54, 1.807) is 12.3 Å². The molecule has 0 aromatic carbocycles. The van der Waals surface area contributed by atoms with E-state index in [0.29, 0.717) is 11.7 Å². The van der Waals surface area contributed by atoms with Gasteiger partial charge < -0.3 is 9.67 Å². The van der Waals surface area contributed by atoms with Gasteiger partial charge in [-0.15, -0.1) is 0 Å². The molecule has 20 heavy (non-hydrogen) atoms. The fraction of sp³-hybridized carbons (Fsp3) is 0.714. The Morgan fingerprint density at radius 1 is 1.45 bits per heavy atom. The summed E-state index contributed by atoms with van der Waals surface area (Å²) in [6.45, 7) is 3.90. The fourth-order valence-electron chi connectivity index (χ4n) is 2.45. The lowest BCUT2D eigenvalue weighted by Gasteiger charge is -2.15. The molecule has 6 heteroatoms. The van der Waals surface area contributed by atoms with E-state index in [9.17, 15) is 13.5 Å². The van der Waals surface area contributed by atoms with Crippen LogP contribution < -0.4 is 4.72 Å². The Morgan fingerprint density at radius 3 is 2.65 bits per heavy atom. The zero-order valence-electron chi connectivity index (χ0n) is 12.2. The van der Waals surface area contributed by atoms with E-state index in [1.165, 1.54) is 0 Å². The molecule has 1 aromatic heterocycles. The summed E-state index contributed by atoms with van der Waals surface area (Å²) in [6, 6.07) is 1.92. The average molecular weight is 300 g/mol. The number of aliphatic hydroxyl groups is 1. The van der Waals surface area contributed by atoms with E-state index in [4.69, 9.17) is 0 Å². The number of nitrogens with zero attached hydrogens (tertiary/aromatic N) is 1. The normalized spacial score (nSPS) is 17.4. The average Bonchev–Trinajstić information content (AvgIpc) is 3.16. The molecule has 1 heterocycles. The van der Waals surface area contributed by atoms with Crippen LogP contribution in [0, 0.1) is 0 Å². The maximum atomic E-state index is 12.4. The zero-order valence-corrected chi connectivity index (χ0v) is 13.0. The number of sulfonamides is 1. The number of aliphatic hydroxyl groups excluding tert-OH is 1. The molecule has 0 bridgehead atoms. The molecule has 2 N–H and O–H groups in total. The predicted molar refractivity (Wildman–Crippen MR) is 77.9 cm³/mol. The van der Waals surface area contributed by atoms with Crippen LogP contribution in [0.2, 0.25) is 0 Å². The Bertz CT molecular complexity index is 547. The molecular weight excluding hydrogens is 276 g/mol. The molecule has 1 aliphatic rings. The number of nitrogens with one attached hydrogen (secondary N) is 1. The van der Waals surface area contributed by atoms with Gasteiger partial charge in [0.1, 0.15) is 0 Å². The van der Waals surface area contributed by atoms with Crippen molar-refractivity contribution in [1.29, 1.82) is 0 Å².